The third-order valence-corrected chi connectivity index (χ3v) is 3.30. The summed E-state index contributed by atoms with van der Waals surface area (Å²) in [6.45, 7) is 0.795. The lowest BCUT2D eigenvalue weighted by atomic mass is 10.2. The smallest absolute Gasteiger partial charge is 0.416 e. The Hall–Kier alpha value is -3.30. The van der Waals surface area contributed by atoms with E-state index in [4.69, 9.17) is 9.15 Å². The van der Waals surface area contributed by atoms with Crippen LogP contribution in [0.2, 0.25) is 0 Å². The van der Waals surface area contributed by atoms with Gasteiger partial charge in [0.05, 0.1) is 11.8 Å². The molecule has 0 bridgehead atoms. The van der Waals surface area contributed by atoms with Crippen LogP contribution < -0.4 is 10.6 Å². The summed E-state index contributed by atoms with van der Waals surface area (Å²) in [5.41, 5.74) is -0.741. The summed E-state index contributed by atoms with van der Waals surface area (Å²) < 4.78 is 47.2. The normalized spacial score (nSPS) is 12.1. The monoisotopic (exact) mass is 384 g/mol. The summed E-state index contributed by atoms with van der Waals surface area (Å²) in [5.74, 6) is -2.22. The summed E-state index contributed by atoms with van der Waals surface area (Å²) >= 11 is 0. The van der Waals surface area contributed by atoms with Crippen LogP contribution in [0, 0.1) is 0 Å². The van der Waals surface area contributed by atoms with E-state index in [1.165, 1.54) is 25.3 Å². The largest absolute Gasteiger partial charge is 0.459 e. The summed E-state index contributed by atoms with van der Waals surface area (Å²) in [7, 11) is 0. The van der Waals surface area contributed by atoms with E-state index in [0.29, 0.717) is 0 Å². The standard InChI is InChI=1S/C17H15F3N2O5/c1-10(27-14(23)9-21-16(25)13-3-2-8-26-13)15(24)22-12-6-4-11(5-7-12)17(18,19)20/h2-8,10H,9H2,1H3,(H,21,25)(H,22,24). The molecule has 2 N–H and O–H groups in total. The van der Waals surface area contributed by atoms with Gasteiger partial charge in [-0.2, -0.15) is 13.2 Å². The van der Waals surface area contributed by atoms with Crippen molar-refractivity contribution in [3.8, 4) is 0 Å². The summed E-state index contributed by atoms with van der Waals surface area (Å²) in [6, 6.07) is 6.70. The molecule has 0 aliphatic heterocycles. The molecule has 2 aromatic rings. The van der Waals surface area contributed by atoms with Crippen molar-refractivity contribution in [1.82, 2.24) is 5.32 Å². The van der Waals surface area contributed by atoms with Gasteiger partial charge in [-0.05, 0) is 43.3 Å². The van der Waals surface area contributed by atoms with E-state index in [2.05, 4.69) is 10.6 Å². The van der Waals surface area contributed by atoms with Crippen molar-refractivity contribution >= 4 is 23.5 Å². The fourth-order valence-electron chi connectivity index (χ4n) is 1.93. The summed E-state index contributed by atoms with van der Waals surface area (Å²) in [4.78, 5) is 35.2. The average molecular weight is 384 g/mol. The molecule has 0 fully saturated rings. The number of carbonyl (C=O) groups is 3. The number of furan rings is 1. The molecule has 0 spiro atoms. The van der Waals surface area contributed by atoms with Gasteiger partial charge in [-0.1, -0.05) is 0 Å². The maximum Gasteiger partial charge on any atom is 0.416 e. The maximum atomic E-state index is 12.5. The van der Waals surface area contributed by atoms with E-state index in [-0.39, 0.29) is 11.4 Å². The first-order valence-corrected chi connectivity index (χ1v) is 7.66. The SMILES string of the molecule is CC(OC(=O)CNC(=O)c1ccco1)C(=O)Nc1ccc(C(F)(F)F)cc1. The molecule has 0 aliphatic rings. The van der Waals surface area contributed by atoms with Crippen LogP contribution >= 0.6 is 0 Å². The fraction of sp³-hybridized carbons (Fsp3) is 0.235. The molecule has 0 saturated heterocycles. The van der Waals surface area contributed by atoms with Crippen LogP contribution in [0.5, 0.6) is 0 Å². The molecule has 1 aromatic heterocycles. The first-order valence-electron chi connectivity index (χ1n) is 7.66. The Morgan fingerprint density at radius 1 is 1.15 bits per heavy atom. The van der Waals surface area contributed by atoms with Gasteiger partial charge in [-0.3, -0.25) is 14.4 Å². The first-order chi connectivity index (χ1) is 12.7. The van der Waals surface area contributed by atoms with Gasteiger partial charge >= 0.3 is 12.1 Å². The minimum Gasteiger partial charge on any atom is -0.459 e. The van der Waals surface area contributed by atoms with Crippen LogP contribution in [0.25, 0.3) is 0 Å². The van der Waals surface area contributed by atoms with Crippen molar-refractivity contribution in [2.45, 2.75) is 19.2 Å². The van der Waals surface area contributed by atoms with Gasteiger partial charge < -0.3 is 19.8 Å². The van der Waals surface area contributed by atoms with Gasteiger partial charge in [0.2, 0.25) is 0 Å². The number of alkyl halides is 3. The fourth-order valence-corrected chi connectivity index (χ4v) is 1.93. The highest BCUT2D eigenvalue weighted by Gasteiger charge is 2.30. The molecule has 0 aliphatic carbocycles. The van der Waals surface area contributed by atoms with Gasteiger partial charge in [0.25, 0.3) is 11.8 Å². The first kappa shape index (κ1) is 20.0. The second-order valence-corrected chi connectivity index (χ2v) is 5.36. The average Bonchev–Trinajstić information content (AvgIpc) is 3.14. The van der Waals surface area contributed by atoms with Crippen LogP contribution in [0.15, 0.2) is 47.1 Å². The second kappa shape index (κ2) is 8.39. The molecule has 27 heavy (non-hydrogen) atoms. The van der Waals surface area contributed by atoms with Crippen molar-refractivity contribution in [2.75, 3.05) is 11.9 Å². The number of hydrogen-bond donors (Lipinski definition) is 2. The van der Waals surface area contributed by atoms with E-state index in [1.807, 2.05) is 0 Å². The Morgan fingerprint density at radius 3 is 2.37 bits per heavy atom. The van der Waals surface area contributed by atoms with Gasteiger partial charge in [0.15, 0.2) is 11.9 Å². The number of amides is 2. The molecule has 10 heteroatoms. The number of carbonyl (C=O) groups excluding carboxylic acids is 3. The highest BCUT2D eigenvalue weighted by atomic mass is 19.4. The van der Waals surface area contributed by atoms with Gasteiger partial charge in [0, 0.05) is 5.69 Å². The minimum absolute atomic E-state index is 0.0101. The molecule has 1 heterocycles. The van der Waals surface area contributed by atoms with Crippen LogP contribution in [0.3, 0.4) is 0 Å². The highest BCUT2D eigenvalue weighted by molar-refractivity contribution is 5.96. The number of rotatable bonds is 6. The lowest BCUT2D eigenvalue weighted by Crippen LogP contribution is -2.35. The Morgan fingerprint density at radius 2 is 1.81 bits per heavy atom. The number of esters is 1. The number of ether oxygens (including phenoxy) is 1. The predicted molar refractivity (Wildman–Crippen MR) is 86.7 cm³/mol. The third-order valence-electron chi connectivity index (χ3n) is 3.30. The van der Waals surface area contributed by atoms with Crippen molar-refractivity contribution in [1.29, 1.82) is 0 Å². The van der Waals surface area contributed by atoms with Crippen molar-refractivity contribution < 1.29 is 36.7 Å². The Labute approximate surface area is 151 Å². The van der Waals surface area contributed by atoms with Crippen LogP contribution in [-0.2, 0) is 20.5 Å². The Kier molecular flexibility index (Phi) is 6.22. The molecule has 1 atom stereocenters. The van der Waals surface area contributed by atoms with Crippen molar-refractivity contribution in [2.24, 2.45) is 0 Å². The number of halogens is 3. The molecule has 2 amide bonds. The molecule has 144 valence electrons. The topological polar surface area (TPSA) is 97.6 Å². The van der Waals surface area contributed by atoms with E-state index in [1.54, 1.807) is 0 Å². The number of nitrogens with one attached hydrogen (secondary N) is 2. The molecule has 7 nitrogen and oxygen atoms in total. The zero-order valence-corrected chi connectivity index (χ0v) is 14.0. The Bertz CT molecular complexity index is 801. The molecule has 0 radical (unpaired) electrons. The third kappa shape index (κ3) is 5.87. The van der Waals surface area contributed by atoms with Crippen molar-refractivity contribution in [3.63, 3.8) is 0 Å². The molecular weight excluding hydrogens is 369 g/mol. The second-order valence-electron chi connectivity index (χ2n) is 5.36. The van der Waals surface area contributed by atoms with Gasteiger partial charge in [0.1, 0.15) is 6.54 Å². The predicted octanol–water partition coefficient (Wildman–Crippen LogP) is 2.60. The van der Waals surface area contributed by atoms with Crippen LogP contribution in [-0.4, -0.2) is 30.4 Å². The summed E-state index contributed by atoms with van der Waals surface area (Å²) in [6.07, 6.45) is -4.41. The number of hydrogen-bond acceptors (Lipinski definition) is 5. The van der Waals surface area contributed by atoms with Gasteiger partial charge in [-0.25, -0.2) is 0 Å². The van der Waals surface area contributed by atoms with E-state index in [9.17, 15) is 27.6 Å². The van der Waals surface area contributed by atoms with Crippen LogP contribution in [0.4, 0.5) is 18.9 Å². The number of benzene rings is 1. The summed E-state index contributed by atoms with van der Waals surface area (Å²) in [5, 5.41) is 4.58. The van der Waals surface area contributed by atoms with E-state index < -0.39 is 42.2 Å². The maximum absolute atomic E-state index is 12.5. The Balaban J connectivity index is 1.80. The minimum atomic E-state index is -4.48. The molecular formula is C17H15F3N2O5. The highest BCUT2D eigenvalue weighted by Crippen LogP contribution is 2.29. The lowest BCUT2D eigenvalue weighted by Gasteiger charge is -2.14. The van der Waals surface area contributed by atoms with Crippen molar-refractivity contribution in [3.05, 3.63) is 54.0 Å². The van der Waals surface area contributed by atoms with Crippen LogP contribution in [0.1, 0.15) is 23.0 Å². The molecule has 2 rings (SSSR count). The number of anilines is 1. The quantitative estimate of drug-likeness (QED) is 0.746. The van der Waals surface area contributed by atoms with Gasteiger partial charge in [-0.15, -0.1) is 0 Å². The molecule has 0 saturated carbocycles. The molecule has 1 unspecified atom stereocenters. The zero-order valence-electron chi connectivity index (χ0n) is 14.0. The van der Waals surface area contributed by atoms with E-state index in [0.717, 1.165) is 24.3 Å². The molecule has 1 aromatic carbocycles. The lowest BCUT2D eigenvalue weighted by molar-refractivity contribution is -0.152. The van der Waals surface area contributed by atoms with E-state index >= 15 is 0 Å². The zero-order chi connectivity index (χ0) is 20.0.